The van der Waals surface area contributed by atoms with Gasteiger partial charge in [-0.15, -0.1) is 0 Å². The molecule has 0 aliphatic carbocycles. The molecular weight excluding hydrogens is 890 g/mol. The molecule has 0 radical (unpaired) electrons. The number of benzene rings is 8. The van der Waals surface area contributed by atoms with E-state index in [1.165, 1.54) is 48.5 Å². The summed E-state index contributed by atoms with van der Waals surface area (Å²) in [5.74, 6) is 0. The van der Waals surface area contributed by atoms with Crippen LogP contribution in [0.25, 0.3) is 32.7 Å². The number of fused-ring (bicyclic) bond motifs is 2. The molecule has 0 heterocycles. The number of halogens is 12. The second-order valence-corrected chi connectivity index (χ2v) is 19.4. The maximum atomic E-state index is 14.0. The third-order valence-electron chi connectivity index (χ3n) is 10.9. The van der Waals surface area contributed by atoms with E-state index < -0.39 is 62.8 Å². The molecule has 0 saturated carbocycles. The van der Waals surface area contributed by atoms with Crippen molar-refractivity contribution in [3.05, 3.63) is 191 Å². The summed E-state index contributed by atoms with van der Waals surface area (Å²) < 4.78 is 168. The van der Waals surface area contributed by atoms with Crippen molar-refractivity contribution in [2.24, 2.45) is 0 Å². The highest BCUT2D eigenvalue weighted by Crippen LogP contribution is 2.48. The van der Waals surface area contributed by atoms with Crippen LogP contribution >= 0.6 is 15.8 Å². The molecule has 0 nitrogen and oxygen atoms in total. The summed E-state index contributed by atoms with van der Waals surface area (Å²) in [5.41, 5.74) is -1.29. The van der Waals surface area contributed by atoms with Gasteiger partial charge in [0.25, 0.3) is 0 Å². The van der Waals surface area contributed by atoms with Crippen molar-refractivity contribution < 1.29 is 52.7 Å². The Hall–Kier alpha value is -5.70. The molecule has 8 aromatic carbocycles. The Balaban J connectivity index is 1.53. The van der Waals surface area contributed by atoms with Gasteiger partial charge in [0.15, 0.2) is 0 Å². The minimum atomic E-state index is -4.69. The third-order valence-corrected chi connectivity index (χ3v) is 16.2. The molecule has 14 heteroatoms. The van der Waals surface area contributed by atoms with E-state index in [-0.39, 0.29) is 0 Å². The van der Waals surface area contributed by atoms with Crippen molar-refractivity contribution in [2.45, 2.75) is 38.6 Å². The SMILES string of the molecule is Cc1cc2ccccc2c(-c2c(P(c3ccc(C(F)(F)F)cc3)c3ccc(C(F)(F)F)cc3)c(C)cc3ccccc23)c1P(c1ccc(C(F)(F)F)cc1)c1ccc(C(F)(F)F)cc1. The maximum absolute atomic E-state index is 14.0. The molecule has 0 amide bonds. The second-order valence-electron chi connectivity index (χ2n) is 15.1. The van der Waals surface area contributed by atoms with Crippen LogP contribution in [0.1, 0.15) is 33.4 Å². The molecule has 0 fully saturated rings. The lowest BCUT2D eigenvalue weighted by Gasteiger charge is -2.31. The van der Waals surface area contributed by atoms with Gasteiger partial charge in [-0.05, 0) is 154 Å². The van der Waals surface area contributed by atoms with Gasteiger partial charge in [0.05, 0.1) is 22.3 Å². The first-order valence-corrected chi connectivity index (χ1v) is 22.1. The van der Waals surface area contributed by atoms with Gasteiger partial charge >= 0.3 is 24.7 Å². The number of rotatable bonds is 7. The standard InChI is InChI=1S/C50H32F12P2/c1-29-27-31-7-3-5-9-41(31)43(45(29)63(37-19-11-33(12-20-37)47(51,52)53)38-21-13-34(14-22-38)48(54,55)56)44-42-10-6-4-8-32(42)28-30(2)46(44)64(39-23-15-35(16-24-39)49(57,58)59)40-25-17-36(18-26-40)50(60,61)62/h3-28H,1-2H3. The quantitative estimate of drug-likeness (QED) is 0.110. The van der Waals surface area contributed by atoms with Gasteiger partial charge < -0.3 is 0 Å². The average Bonchev–Trinajstić information content (AvgIpc) is 3.24. The Morgan fingerprint density at radius 3 is 0.781 bits per heavy atom. The molecule has 0 N–H and O–H groups in total. The molecule has 326 valence electrons. The fourth-order valence-electron chi connectivity index (χ4n) is 8.05. The highest BCUT2D eigenvalue weighted by molar-refractivity contribution is 7.81. The van der Waals surface area contributed by atoms with Crippen LogP contribution in [-0.4, -0.2) is 0 Å². The van der Waals surface area contributed by atoms with Crippen molar-refractivity contribution in [1.82, 2.24) is 0 Å². The van der Waals surface area contributed by atoms with Crippen LogP contribution in [0.5, 0.6) is 0 Å². The van der Waals surface area contributed by atoms with Crippen LogP contribution in [0.2, 0.25) is 0 Å². The lowest BCUT2D eigenvalue weighted by atomic mass is 9.91. The smallest absolute Gasteiger partial charge is 0.166 e. The third kappa shape index (κ3) is 8.75. The Labute approximate surface area is 361 Å². The fourth-order valence-corrected chi connectivity index (χ4v) is 13.2. The molecule has 0 aliphatic rings. The van der Waals surface area contributed by atoms with E-state index in [0.717, 1.165) is 59.3 Å². The summed E-state index contributed by atoms with van der Waals surface area (Å²) in [5, 5.41) is 5.48. The summed E-state index contributed by atoms with van der Waals surface area (Å²) in [6.07, 6.45) is -18.8. The lowest BCUT2D eigenvalue weighted by Crippen LogP contribution is -2.29. The number of hydrogen-bond donors (Lipinski definition) is 0. The molecule has 8 aromatic rings. The van der Waals surface area contributed by atoms with Crippen molar-refractivity contribution in [1.29, 1.82) is 0 Å². The normalized spacial score (nSPS) is 12.8. The van der Waals surface area contributed by atoms with Crippen molar-refractivity contribution in [2.75, 3.05) is 0 Å². The number of aryl methyl sites for hydroxylation is 2. The molecular formula is C50H32F12P2. The molecule has 0 aromatic heterocycles. The van der Waals surface area contributed by atoms with Crippen LogP contribution in [0.3, 0.4) is 0 Å². The molecule has 0 unspecified atom stereocenters. The summed E-state index contributed by atoms with van der Waals surface area (Å²) in [6.45, 7) is 3.61. The van der Waals surface area contributed by atoms with Crippen molar-refractivity contribution in [3.63, 3.8) is 0 Å². The first-order chi connectivity index (χ1) is 30.1. The summed E-state index contributed by atoms with van der Waals surface area (Å²) in [7, 11) is -4.00. The molecule has 8 rings (SSSR count). The largest absolute Gasteiger partial charge is 0.416 e. The molecule has 0 atom stereocenters. The topological polar surface area (TPSA) is 0 Å². The van der Waals surface area contributed by atoms with E-state index in [2.05, 4.69) is 0 Å². The Kier molecular flexibility index (Phi) is 11.7. The van der Waals surface area contributed by atoms with Crippen LogP contribution in [-0.2, 0) is 24.7 Å². The molecule has 0 spiro atoms. The van der Waals surface area contributed by atoms with E-state index in [1.54, 1.807) is 26.0 Å². The van der Waals surface area contributed by atoms with Crippen LogP contribution in [0.4, 0.5) is 52.7 Å². The lowest BCUT2D eigenvalue weighted by molar-refractivity contribution is -0.138. The van der Waals surface area contributed by atoms with Gasteiger partial charge in [0.2, 0.25) is 0 Å². The van der Waals surface area contributed by atoms with Crippen molar-refractivity contribution in [3.8, 4) is 11.1 Å². The maximum Gasteiger partial charge on any atom is 0.416 e. The zero-order chi connectivity index (χ0) is 45.9. The summed E-state index contributed by atoms with van der Waals surface area (Å²) in [6, 6.07) is 36.3. The molecule has 0 aliphatic heterocycles. The van der Waals surface area contributed by atoms with Gasteiger partial charge in [0.1, 0.15) is 0 Å². The van der Waals surface area contributed by atoms with E-state index in [0.29, 0.717) is 64.9 Å². The second kappa shape index (κ2) is 16.7. The van der Waals surface area contributed by atoms with E-state index in [4.69, 9.17) is 0 Å². The van der Waals surface area contributed by atoms with E-state index >= 15 is 0 Å². The van der Waals surface area contributed by atoms with Gasteiger partial charge in [-0.1, -0.05) is 109 Å². The predicted molar refractivity (Wildman–Crippen MR) is 234 cm³/mol. The summed E-state index contributed by atoms with van der Waals surface area (Å²) >= 11 is 0. The van der Waals surface area contributed by atoms with E-state index in [9.17, 15) is 52.7 Å². The fraction of sp³-hybridized carbons (Fsp3) is 0.120. The Morgan fingerprint density at radius 2 is 0.547 bits per heavy atom. The minimum absolute atomic E-state index is 0.383. The zero-order valence-electron chi connectivity index (χ0n) is 33.4. The first-order valence-electron chi connectivity index (χ1n) is 19.5. The number of hydrogen-bond acceptors (Lipinski definition) is 0. The molecule has 0 bridgehead atoms. The molecule has 0 saturated heterocycles. The highest BCUT2D eigenvalue weighted by Gasteiger charge is 2.36. The van der Waals surface area contributed by atoms with Gasteiger partial charge in [0, 0.05) is 0 Å². The van der Waals surface area contributed by atoms with Gasteiger partial charge in [-0.2, -0.15) is 52.7 Å². The monoisotopic (exact) mass is 922 g/mol. The average molecular weight is 923 g/mol. The summed E-state index contributed by atoms with van der Waals surface area (Å²) in [4.78, 5) is 0. The van der Waals surface area contributed by atoms with E-state index in [1.807, 2.05) is 48.5 Å². The highest BCUT2D eigenvalue weighted by atomic mass is 31.1. The van der Waals surface area contributed by atoms with Gasteiger partial charge in [-0.3, -0.25) is 0 Å². The Bertz CT molecular complexity index is 2660. The van der Waals surface area contributed by atoms with Crippen LogP contribution in [0, 0.1) is 13.8 Å². The minimum Gasteiger partial charge on any atom is -0.166 e. The zero-order valence-corrected chi connectivity index (χ0v) is 35.2. The predicted octanol–water partition coefficient (Wildman–Crippen LogP) is 13.9. The van der Waals surface area contributed by atoms with Crippen LogP contribution < -0.4 is 31.8 Å². The van der Waals surface area contributed by atoms with Gasteiger partial charge in [-0.25, -0.2) is 0 Å². The van der Waals surface area contributed by atoms with Crippen LogP contribution in [0.15, 0.2) is 158 Å². The molecule has 64 heavy (non-hydrogen) atoms. The Morgan fingerprint density at radius 1 is 0.312 bits per heavy atom. The first kappa shape index (κ1) is 44.9. The number of alkyl halides is 12. The van der Waals surface area contributed by atoms with Crippen molar-refractivity contribution >= 4 is 69.2 Å².